The number of hydrogen-bond donors (Lipinski definition) is 2. The lowest BCUT2D eigenvalue weighted by atomic mass is 10.1. The molecule has 2 heterocycles. The lowest BCUT2D eigenvalue weighted by Crippen LogP contribution is -2.26. The Balaban J connectivity index is 0.00000274. The molecule has 0 aliphatic carbocycles. The van der Waals surface area contributed by atoms with Crippen molar-refractivity contribution < 1.29 is 14.4 Å². The van der Waals surface area contributed by atoms with Gasteiger partial charge >= 0.3 is 0 Å². The van der Waals surface area contributed by atoms with Gasteiger partial charge in [-0.1, -0.05) is 36.4 Å². The third kappa shape index (κ3) is 4.60. The van der Waals surface area contributed by atoms with Gasteiger partial charge in [-0.25, -0.2) is 0 Å². The zero-order valence-corrected chi connectivity index (χ0v) is 18.8. The summed E-state index contributed by atoms with van der Waals surface area (Å²) in [6.45, 7) is 0. The van der Waals surface area contributed by atoms with Gasteiger partial charge in [-0.05, 0) is 47.3 Å². The Hall–Kier alpha value is -4.23. The van der Waals surface area contributed by atoms with Crippen LogP contribution in [-0.2, 0) is 20.8 Å². The predicted octanol–water partition coefficient (Wildman–Crippen LogP) is 4.84. The smallest absolute Gasteiger partial charge is 0.241 e. The molecular weight excluding hydrogens is 452 g/mol. The van der Waals surface area contributed by atoms with Crippen molar-refractivity contribution in [3.05, 3.63) is 90.8 Å². The van der Waals surface area contributed by atoms with E-state index >= 15 is 0 Å². The van der Waals surface area contributed by atoms with Gasteiger partial charge in [0.15, 0.2) is 0 Å². The molecule has 0 saturated carbocycles. The van der Waals surface area contributed by atoms with Crippen molar-refractivity contribution in [1.82, 2.24) is 4.98 Å². The minimum absolute atomic E-state index is 0. The fourth-order valence-electron chi connectivity index (χ4n) is 3.98. The zero-order chi connectivity index (χ0) is 22.8. The molecule has 1 aliphatic rings. The van der Waals surface area contributed by atoms with Crippen molar-refractivity contribution in [1.29, 1.82) is 0 Å². The summed E-state index contributed by atoms with van der Waals surface area (Å²) < 4.78 is 0. The standard InChI is InChI=1S/C26H20N4O3.ClH/c31-23(14-17-4-3-13-27-16-17)28-19-8-10-20(11-9-19)30-22-12-7-18-5-1-2-6-21(18)26(22)29-24(32)15-25(30)33;/h1-13,16H,14-15H2,(H,28,31)(H,29,32);1H. The SMILES string of the molecule is Cl.O=C(Cc1cccnc1)Nc1ccc(N2C(=O)CC(=O)Nc3c2ccc2ccccc32)cc1. The number of nitrogens with one attached hydrogen (secondary N) is 2. The van der Waals surface area contributed by atoms with Crippen molar-refractivity contribution in [3.63, 3.8) is 0 Å². The quantitative estimate of drug-likeness (QED) is 0.415. The monoisotopic (exact) mass is 472 g/mol. The van der Waals surface area contributed by atoms with Crippen molar-refractivity contribution in [3.8, 4) is 0 Å². The van der Waals surface area contributed by atoms with Crippen LogP contribution in [-0.4, -0.2) is 22.7 Å². The van der Waals surface area contributed by atoms with E-state index in [4.69, 9.17) is 0 Å². The van der Waals surface area contributed by atoms with E-state index in [0.29, 0.717) is 22.7 Å². The highest BCUT2D eigenvalue weighted by Crippen LogP contribution is 2.40. The molecule has 2 N–H and O–H groups in total. The van der Waals surface area contributed by atoms with Gasteiger partial charge in [-0.15, -0.1) is 12.4 Å². The maximum Gasteiger partial charge on any atom is 0.241 e. The summed E-state index contributed by atoms with van der Waals surface area (Å²) in [5, 5.41) is 7.58. The Morgan fingerprint density at radius 2 is 1.76 bits per heavy atom. The van der Waals surface area contributed by atoms with Crippen LogP contribution in [0.3, 0.4) is 0 Å². The maximum absolute atomic E-state index is 13.0. The van der Waals surface area contributed by atoms with Gasteiger partial charge in [-0.3, -0.25) is 24.3 Å². The van der Waals surface area contributed by atoms with Crippen LogP contribution in [0.4, 0.5) is 22.7 Å². The van der Waals surface area contributed by atoms with Gasteiger partial charge in [0, 0.05) is 29.2 Å². The van der Waals surface area contributed by atoms with E-state index in [9.17, 15) is 14.4 Å². The largest absolute Gasteiger partial charge is 0.326 e. The molecule has 3 amide bonds. The molecule has 0 radical (unpaired) electrons. The number of amides is 3. The normalized spacial score (nSPS) is 12.9. The summed E-state index contributed by atoms with van der Waals surface area (Å²) in [6, 6.07) is 22.1. The van der Waals surface area contributed by atoms with E-state index < -0.39 is 0 Å². The van der Waals surface area contributed by atoms with Crippen molar-refractivity contribution in [2.75, 3.05) is 15.5 Å². The Morgan fingerprint density at radius 1 is 0.971 bits per heavy atom. The van der Waals surface area contributed by atoms with Gasteiger partial charge < -0.3 is 10.6 Å². The van der Waals surface area contributed by atoms with Gasteiger partial charge in [0.25, 0.3) is 0 Å². The number of carbonyl (C=O) groups excluding carboxylic acids is 3. The summed E-state index contributed by atoms with van der Waals surface area (Å²) >= 11 is 0. The Bertz CT molecular complexity index is 1370. The van der Waals surface area contributed by atoms with Crippen molar-refractivity contribution in [2.24, 2.45) is 0 Å². The van der Waals surface area contributed by atoms with Gasteiger partial charge in [0.2, 0.25) is 17.7 Å². The number of carbonyl (C=O) groups is 3. The number of benzene rings is 3. The van der Waals surface area contributed by atoms with Crippen LogP contribution in [0.1, 0.15) is 12.0 Å². The summed E-state index contributed by atoms with van der Waals surface area (Å²) in [6.07, 6.45) is 3.28. The number of rotatable bonds is 4. The van der Waals surface area contributed by atoms with E-state index in [1.54, 1.807) is 47.6 Å². The highest BCUT2D eigenvalue weighted by atomic mass is 35.5. The fraction of sp³-hybridized carbons (Fsp3) is 0.0769. The molecule has 0 atom stereocenters. The average Bonchev–Trinajstić information content (AvgIpc) is 2.95. The lowest BCUT2D eigenvalue weighted by molar-refractivity contribution is -0.124. The maximum atomic E-state index is 13.0. The van der Waals surface area contributed by atoms with Crippen LogP contribution in [0.15, 0.2) is 85.2 Å². The second-order valence-electron chi connectivity index (χ2n) is 7.77. The first kappa shape index (κ1) is 22.9. The van der Waals surface area contributed by atoms with Crippen LogP contribution >= 0.6 is 12.4 Å². The zero-order valence-electron chi connectivity index (χ0n) is 18.0. The van der Waals surface area contributed by atoms with Crippen molar-refractivity contribution >= 4 is 63.7 Å². The summed E-state index contributed by atoms with van der Waals surface area (Å²) in [5.74, 6) is -0.831. The van der Waals surface area contributed by atoms with E-state index in [0.717, 1.165) is 16.3 Å². The molecule has 5 rings (SSSR count). The number of nitrogens with zero attached hydrogens (tertiary/aromatic N) is 2. The molecule has 8 heteroatoms. The summed E-state index contributed by atoms with van der Waals surface area (Å²) in [7, 11) is 0. The van der Waals surface area contributed by atoms with Gasteiger partial charge in [-0.2, -0.15) is 0 Å². The number of hydrogen-bond acceptors (Lipinski definition) is 4. The third-order valence-corrected chi connectivity index (χ3v) is 5.47. The number of anilines is 4. The van der Waals surface area contributed by atoms with Crippen LogP contribution in [0.25, 0.3) is 10.8 Å². The Kier molecular flexibility index (Phi) is 6.56. The summed E-state index contributed by atoms with van der Waals surface area (Å²) in [4.78, 5) is 43.3. The molecule has 0 saturated heterocycles. The van der Waals surface area contributed by atoms with E-state index in [-0.39, 0.29) is 43.0 Å². The number of fused-ring (bicyclic) bond motifs is 3. The molecule has 34 heavy (non-hydrogen) atoms. The molecule has 7 nitrogen and oxygen atoms in total. The molecule has 1 aromatic heterocycles. The lowest BCUT2D eigenvalue weighted by Gasteiger charge is -2.23. The van der Waals surface area contributed by atoms with Crippen LogP contribution in [0.2, 0.25) is 0 Å². The van der Waals surface area contributed by atoms with E-state index in [2.05, 4.69) is 15.6 Å². The van der Waals surface area contributed by atoms with Crippen molar-refractivity contribution in [2.45, 2.75) is 12.8 Å². The second kappa shape index (κ2) is 9.72. The topological polar surface area (TPSA) is 91.4 Å². The Labute approximate surface area is 202 Å². The first-order chi connectivity index (χ1) is 16.1. The van der Waals surface area contributed by atoms with E-state index in [1.807, 2.05) is 42.5 Å². The molecule has 3 aromatic carbocycles. The molecular formula is C26H21ClN4O3. The first-order valence-electron chi connectivity index (χ1n) is 10.5. The summed E-state index contributed by atoms with van der Waals surface area (Å²) in [5.41, 5.74) is 3.26. The van der Waals surface area contributed by atoms with Gasteiger partial charge in [0.05, 0.1) is 17.8 Å². The van der Waals surface area contributed by atoms with Gasteiger partial charge in [0.1, 0.15) is 6.42 Å². The van der Waals surface area contributed by atoms with Crippen LogP contribution < -0.4 is 15.5 Å². The Morgan fingerprint density at radius 3 is 2.53 bits per heavy atom. The molecule has 0 unspecified atom stereocenters. The van der Waals surface area contributed by atoms with E-state index in [1.165, 1.54) is 0 Å². The highest BCUT2D eigenvalue weighted by Gasteiger charge is 2.28. The molecule has 4 aromatic rings. The molecule has 170 valence electrons. The first-order valence-corrected chi connectivity index (χ1v) is 10.5. The number of aromatic nitrogens is 1. The predicted molar refractivity (Wildman–Crippen MR) is 135 cm³/mol. The molecule has 0 spiro atoms. The number of pyridine rings is 1. The molecule has 1 aliphatic heterocycles. The minimum atomic E-state index is -0.348. The molecule has 0 bridgehead atoms. The number of halogens is 1. The fourth-order valence-corrected chi connectivity index (χ4v) is 3.98. The second-order valence-corrected chi connectivity index (χ2v) is 7.77. The third-order valence-electron chi connectivity index (χ3n) is 5.47. The highest BCUT2D eigenvalue weighted by molar-refractivity contribution is 6.21. The average molecular weight is 473 g/mol. The molecule has 0 fully saturated rings. The minimum Gasteiger partial charge on any atom is -0.326 e. The van der Waals surface area contributed by atoms with Crippen LogP contribution in [0.5, 0.6) is 0 Å². The van der Waals surface area contributed by atoms with Crippen LogP contribution in [0, 0.1) is 0 Å².